The van der Waals surface area contributed by atoms with E-state index in [2.05, 4.69) is 26.6 Å². The van der Waals surface area contributed by atoms with Gasteiger partial charge in [-0.05, 0) is 36.2 Å². The number of halogens is 1. The molecule has 0 saturated heterocycles. The minimum absolute atomic E-state index is 0.159. The lowest BCUT2D eigenvalue weighted by Gasteiger charge is -2.14. The van der Waals surface area contributed by atoms with Crippen molar-refractivity contribution in [1.82, 2.24) is 5.32 Å². The van der Waals surface area contributed by atoms with Crippen LogP contribution in [0.25, 0.3) is 0 Å². The summed E-state index contributed by atoms with van der Waals surface area (Å²) in [6.45, 7) is 4.08. The second kappa shape index (κ2) is 9.22. The van der Waals surface area contributed by atoms with Crippen molar-refractivity contribution in [1.29, 1.82) is 0 Å². The molecule has 0 bridgehead atoms. The number of carbonyl (C=O) groups excluding carboxylic acids is 2. The van der Waals surface area contributed by atoms with Crippen LogP contribution in [0.4, 0.5) is 10.5 Å². The topological polar surface area (TPSA) is 67.4 Å². The number of hydrogen-bond acceptors (Lipinski definition) is 3. The van der Waals surface area contributed by atoms with E-state index in [4.69, 9.17) is 4.74 Å². The molecule has 0 aliphatic rings. The van der Waals surface area contributed by atoms with Crippen molar-refractivity contribution in [3.05, 3.63) is 64.1 Å². The number of alkyl carbamates (subject to hydrolysis) is 1. The molecule has 0 radical (unpaired) electrons. The molecular formula is C19H21BrN2O3. The van der Waals surface area contributed by atoms with Crippen LogP contribution in [0.15, 0.2) is 53.0 Å². The number of carbonyl (C=O) groups is 2. The first-order chi connectivity index (χ1) is 12.0. The van der Waals surface area contributed by atoms with Gasteiger partial charge in [0.15, 0.2) is 0 Å². The van der Waals surface area contributed by atoms with Crippen LogP contribution < -0.4 is 10.6 Å². The van der Waals surface area contributed by atoms with Gasteiger partial charge >= 0.3 is 6.09 Å². The third-order valence-corrected chi connectivity index (χ3v) is 4.15. The molecule has 2 N–H and O–H groups in total. The van der Waals surface area contributed by atoms with E-state index in [1.165, 1.54) is 0 Å². The van der Waals surface area contributed by atoms with Gasteiger partial charge in [-0.25, -0.2) is 4.79 Å². The predicted octanol–water partition coefficient (Wildman–Crippen LogP) is 4.26. The Labute approximate surface area is 155 Å². The number of amides is 2. The molecule has 0 heterocycles. The Morgan fingerprint density at radius 1 is 1.16 bits per heavy atom. The highest BCUT2D eigenvalue weighted by atomic mass is 79.9. The van der Waals surface area contributed by atoms with Gasteiger partial charge in [-0.3, -0.25) is 4.79 Å². The first kappa shape index (κ1) is 19.0. The molecule has 132 valence electrons. The summed E-state index contributed by atoms with van der Waals surface area (Å²) in [5, 5.41) is 5.48. The molecule has 2 rings (SSSR count). The number of hydrogen-bond donors (Lipinski definition) is 2. The summed E-state index contributed by atoms with van der Waals surface area (Å²) in [7, 11) is 0. The quantitative estimate of drug-likeness (QED) is 0.755. The van der Waals surface area contributed by atoms with E-state index in [0.29, 0.717) is 0 Å². The average molecular weight is 405 g/mol. The lowest BCUT2D eigenvalue weighted by molar-refractivity contribution is -0.119. The second-order valence-electron chi connectivity index (χ2n) is 5.79. The predicted molar refractivity (Wildman–Crippen MR) is 101 cm³/mol. The van der Waals surface area contributed by atoms with Crippen LogP contribution in [-0.4, -0.2) is 18.5 Å². The zero-order valence-electron chi connectivity index (χ0n) is 14.2. The lowest BCUT2D eigenvalue weighted by Crippen LogP contribution is -2.34. The number of rotatable bonds is 6. The molecule has 0 aliphatic heterocycles. The monoisotopic (exact) mass is 404 g/mol. The molecule has 25 heavy (non-hydrogen) atoms. The van der Waals surface area contributed by atoms with Crippen molar-refractivity contribution in [3.63, 3.8) is 0 Å². The highest BCUT2D eigenvalue weighted by Crippen LogP contribution is 2.20. The molecule has 0 fully saturated rings. The third-order valence-electron chi connectivity index (χ3n) is 3.66. The van der Waals surface area contributed by atoms with Crippen molar-refractivity contribution in [3.8, 4) is 0 Å². The Morgan fingerprint density at radius 3 is 2.56 bits per heavy atom. The SMILES string of the molecule is Cc1cc(Br)ccc1NC(=O)[C@@H](C)CNC(=O)OCc1ccccc1. The molecule has 0 aliphatic carbocycles. The summed E-state index contributed by atoms with van der Waals surface area (Å²) < 4.78 is 6.08. The summed E-state index contributed by atoms with van der Waals surface area (Å²) in [6, 6.07) is 15.1. The molecule has 2 amide bonds. The maximum absolute atomic E-state index is 12.2. The van der Waals surface area contributed by atoms with Gasteiger partial charge in [0.1, 0.15) is 6.61 Å². The van der Waals surface area contributed by atoms with Gasteiger partial charge in [0.25, 0.3) is 0 Å². The van der Waals surface area contributed by atoms with E-state index >= 15 is 0 Å². The average Bonchev–Trinajstić information content (AvgIpc) is 2.61. The Hall–Kier alpha value is -2.34. The van der Waals surface area contributed by atoms with E-state index in [9.17, 15) is 9.59 Å². The molecule has 5 nitrogen and oxygen atoms in total. The number of ether oxygens (including phenoxy) is 1. The zero-order chi connectivity index (χ0) is 18.2. The Balaban J connectivity index is 1.76. The van der Waals surface area contributed by atoms with Gasteiger partial charge in [-0.1, -0.05) is 53.2 Å². The number of aryl methyl sites for hydroxylation is 1. The highest BCUT2D eigenvalue weighted by molar-refractivity contribution is 9.10. The summed E-state index contributed by atoms with van der Waals surface area (Å²) in [6.07, 6.45) is -0.539. The first-order valence-electron chi connectivity index (χ1n) is 7.97. The Morgan fingerprint density at radius 2 is 1.88 bits per heavy atom. The lowest BCUT2D eigenvalue weighted by atomic mass is 10.1. The summed E-state index contributed by atoms with van der Waals surface area (Å²) in [4.78, 5) is 23.9. The van der Waals surface area contributed by atoms with E-state index in [1.807, 2.05) is 55.5 Å². The van der Waals surface area contributed by atoms with Crippen LogP contribution >= 0.6 is 15.9 Å². The molecule has 0 aromatic heterocycles. The maximum atomic E-state index is 12.2. The summed E-state index contributed by atoms with van der Waals surface area (Å²) in [5.41, 5.74) is 2.63. The Bertz CT molecular complexity index is 735. The number of nitrogens with one attached hydrogen (secondary N) is 2. The largest absolute Gasteiger partial charge is 0.445 e. The fraction of sp³-hybridized carbons (Fsp3) is 0.263. The Kier molecular flexibility index (Phi) is 7.01. The molecule has 6 heteroatoms. The fourth-order valence-electron chi connectivity index (χ4n) is 2.13. The molecule has 2 aromatic rings. The van der Waals surface area contributed by atoms with E-state index in [1.54, 1.807) is 6.92 Å². The highest BCUT2D eigenvalue weighted by Gasteiger charge is 2.15. The van der Waals surface area contributed by atoms with Crippen LogP contribution in [0.5, 0.6) is 0 Å². The van der Waals surface area contributed by atoms with Crippen LogP contribution in [0.3, 0.4) is 0 Å². The second-order valence-corrected chi connectivity index (χ2v) is 6.71. The van der Waals surface area contributed by atoms with Crippen LogP contribution in [0, 0.1) is 12.8 Å². The van der Waals surface area contributed by atoms with Gasteiger partial charge in [0, 0.05) is 16.7 Å². The molecule has 0 unspecified atom stereocenters. The van der Waals surface area contributed by atoms with Gasteiger partial charge in [0.05, 0.1) is 5.92 Å². The summed E-state index contributed by atoms with van der Waals surface area (Å²) in [5.74, 6) is -0.541. The van der Waals surface area contributed by atoms with Gasteiger partial charge < -0.3 is 15.4 Å². The summed E-state index contributed by atoms with van der Waals surface area (Å²) >= 11 is 3.39. The van der Waals surface area contributed by atoms with Gasteiger partial charge in [0.2, 0.25) is 5.91 Å². The van der Waals surface area contributed by atoms with Crippen LogP contribution in [0.2, 0.25) is 0 Å². The normalized spacial score (nSPS) is 11.5. The van der Waals surface area contributed by atoms with Crippen molar-refractivity contribution in [2.75, 3.05) is 11.9 Å². The maximum Gasteiger partial charge on any atom is 0.407 e. The smallest absolute Gasteiger partial charge is 0.407 e. The number of benzene rings is 2. The van der Waals surface area contributed by atoms with Gasteiger partial charge in [-0.2, -0.15) is 0 Å². The third kappa shape index (κ3) is 6.23. The minimum atomic E-state index is -0.539. The van der Waals surface area contributed by atoms with Crippen molar-refractivity contribution < 1.29 is 14.3 Å². The fourth-order valence-corrected chi connectivity index (χ4v) is 2.60. The first-order valence-corrected chi connectivity index (χ1v) is 8.76. The zero-order valence-corrected chi connectivity index (χ0v) is 15.8. The molecular weight excluding hydrogens is 384 g/mol. The van der Waals surface area contributed by atoms with Crippen LogP contribution in [0.1, 0.15) is 18.1 Å². The van der Waals surface area contributed by atoms with Crippen LogP contribution in [-0.2, 0) is 16.1 Å². The standard InChI is InChI=1S/C19H21BrN2O3/c1-13-10-16(20)8-9-17(13)22-18(23)14(2)11-21-19(24)25-12-15-6-4-3-5-7-15/h3-10,14H,11-12H2,1-2H3,(H,21,24)(H,22,23)/t14-/m0/s1. The van der Waals surface area contributed by atoms with E-state index in [0.717, 1.165) is 21.3 Å². The molecule has 0 saturated carbocycles. The number of anilines is 1. The molecule has 2 aromatic carbocycles. The van der Waals surface area contributed by atoms with E-state index < -0.39 is 6.09 Å². The van der Waals surface area contributed by atoms with Gasteiger partial charge in [-0.15, -0.1) is 0 Å². The van der Waals surface area contributed by atoms with Crippen molar-refractivity contribution in [2.45, 2.75) is 20.5 Å². The molecule has 0 spiro atoms. The van der Waals surface area contributed by atoms with Crippen molar-refractivity contribution >= 4 is 33.6 Å². The minimum Gasteiger partial charge on any atom is -0.445 e. The van der Waals surface area contributed by atoms with E-state index in [-0.39, 0.29) is 25.0 Å². The van der Waals surface area contributed by atoms with Crippen molar-refractivity contribution in [2.24, 2.45) is 5.92 Å². The molecule has 1 atom stereocenters.